The number of aromatic nitrogens is 4. The van der Waals surface area contributed by atoms with Crippen molar-refractivity contribution in [3.05, 3.63) is 29.7 Å². The molecule has 0 unspecified atom stereocenters. The van der Waals surface area contributed by atoms with Gasteiger partial charge in [0.25, 0.3) is 0 Å². The Kier molecular flexibility index (Phi) is 7.25. The number of nitrogens with zero attached hydrogens (tertiary/aromatic N) is 5. The first-order valence-corrected chi connectivity index (χ1v) is 16.6. The van der Waals surface area contributed by atoms with Gasteiger partial charge in [0.15, 0.2) is 5.82 Å². The zero-order chi connectivity index (χ0) is 32.6. The van der Waals surface area contributed by atoms with Crippen LogP contribution in [0.25, 0.3) is 0 Å². The largest absolute Gasteiger partial charge is 0.469 e. The van der Waals surface area contributed by atoms with E-state index in [1.54, 1.807) is 6.20 Å². The maximum Gasteiger partial charge on any atom is 0.427 e. The van der Waals surface area contributed by atoms with Crippen LogP contribution in [0.5, 0.6) is 0 Å². The molecule has 2 heterocycles. The molecule has 46 heavy (non-hydrogen) atoms. The van der Waals surface area contributed by atoms with Gasteiger partial charge in [-0.15, -0.1) is 0 Å². The summed E-state index contributed by atoms with van der Waals surface area (Å²) in [5, 5.41) is 4.24. The van der Waals surface area contributed by atoms with Crippen molar-refractivity contribution in [2.24, 2.45) is 10.8 Å². The van der Waals surface area contributed by atoms with E-state index < -0.39 is 23.3 Å². The Morgan fingerprint density at radius 1 is 0.935 bits per heavy atom. The molecule has 7 fully saturated rings. The van der Waals surface area contributed by atoms with Gasteiger partial charge in [0.1, 0.15) is 0 Å². The molecular weight excluding hydrogens is 603 g/mol. The molecule has 250 valence electrons. The third-order valence-electron chi connectivity index (χ3n) is 12.3. The van der Waals surface area contributed by atoms with Crippen molar-refractivity contribution < 1.29 is 36.8 Å². The number of halogens is 3. The van der Waals surface area contributed by atoms with E-state index in [2.05, 4.69) is 10.1 Å². The number of hydrogen-bond donors (Lipinski definition) is 0. The van der Waals surface area contributed by atoms with Crippen molar-refractivity contribution in [1.82, 2.24) is 20.1 Å². The van der Waals surface area contributed by atoms with E-state index in [1.165, 1.54) is 12.0 Å². The Hall–Kier alpha value is -3.25. The first-order chi connectivity index (χ1) is 21.7. The second-order valence-corrected chi connectivity index (χ2v) is 15.3. The normalized spacial score (nSPS) is 32.3. The number of rotatable bonds is 8. The quantitative estimate of drug-likeness (QED) is 0.277. The molecule has 0 aliphatic heterocycles. The number of esters is 1. The third kappa shape index (κ3) is 5.16. The second kappa shape index (κ2) is 10.6. The number of carbonyl (C=O) groups is 2. The van der Waals surface area contributed by atoms with Gasteiger partial charge < -0.3 is 14.0 Å². The van der Waals surface area contributed by atoms with E-state index in [0.717, 1.165) is 96.0 Å². The van der Waals surface area contributed by atoms with Crippen LogP contribution in [0.4, 0.5) is 23.9 Å². The summed E-state index contributed by atoms with van der Waals surface area (Å²) in [5.74, 6) is 1.76. The fourth-order valence-electron chi connectivity index (χ4n) is 8.53. The molecule has 13 heteroatoms. The van der Waals surface area contributed by atoms with Crippen molar-refractivity contribution in [3.8, 4) is 0 Å². The summed E-state index contributed by atoms with van der Waals surface area (Å²) in [5.41, 5.74) is -3.27. The summed E-state index contributed by atoms with van der Waals surface area (Å²) in [7, 11) is 1.42. The van der Waals surface area contributed by atoms with E-state index >= 15 is 0 Å². The Balaban J connectivity index is 1.15. The van der Waals surface area contributed by atoms with Crippen molar-refractivity contribution in [2.75, 3.05) is 18.6 Å². The molecular formula is C33H42F3N5O5. The predicted octanol–water partition coefficient (Wildman–Crippen LogP) is 7.08. The van der Waals surface area contributed by atoms with Crippen LogP contribution in [0.3, 0.4) is 0 Å². The summed E-state index contributed by atoms with van der Waals surface area (Å²) in [6, 6.07) is 1.83. The highest BCUT2D eigenvalue weighted by molar-refractivity contribution is 5.86. The Morgan fingerprint density at radius 2 is 1.54 bits per heavy atom. The number of hydrogen-bond acceptors (Lipinski definition) is 9. The molecule has 0 spiro atoms. The maximum absolute atomic E-state index is 13.9. The van der Waals surface area contributed by atoms with Gasteiger partial charge in [-0.2, -0.15) is 18.2 Å². The van der Waals surface area contributed by atoms with Gasteiger partial charge >= 0.3 is 18.2 Å². The second-order valence-electron chi connectivity index (χ2n) is 15.3. The lowest BCUT2D eigenvalue weighted by molar-refractivity contribution is -0.243. The van der Waals surface area contributed by atoms with Crippen molar-refractivity contribution in [3.63, 3.8) is 0 Å². The SMILES string of the molecule is COC(=O)C12CCC(c3ccnc(N(CC45CCC(c6nc(C7CC7)no6)(CC4)CC5)C(=O)OC(C)(C)C(F)(F)F)n3)(CC1)CC2. The van der Waals surface area contributed by atoms with Gasteiger partial charge in [-0.25, -0.2) is 19.7 Å². The van der Waals surface area contributed by atoms with Crippen LogP contribution in [-0.2, 0) is 25.1 Å². The first kappa shape index (κ1) is 31.4. The standard InChI is InChI=1S/C33H42F3N5O5/c1-28(2,33(34,35)36)45-27(43)41(20-29-7-10-31(11-8-29,12-9-29)24-39-23(40-46-24)21-4-5-21)26-37-19-6-22(38-26)30-13-16-32(17-14-30,18-15-30)25(42)44-3/h6,19,21H,4-5,7-18,20H2,1-3H3. The monoisotopic (exact) mass is 645 g/mol. The summed E-state index contributed by atoms with van der Waals surface area (Å²) in [4.78, 5) is 41.6. The van der Waals surface area contributed by atoms with E-state index in [9.17, 15) is 22.8 Å². The molecule has 7 aliphatic carbocycles. The van der Waals surface area contributed by atoms with E-state index in [0.29, 0.717) is 31.1 Å². The van der Waals surface area contributed by atoms with Crippen LogP contribution in [0.2, 0.25) is 0 Å². The Morgan fingerprint density at radius 3 is 2.11 bits per heavy atom. The topological polar surface area (TPSA) is 121 Å². The van der Waals surface area contributed by atoms with E-state index in [4.69, 9.17) is 24.0 Å². The number of anilines is 1. The maximum atomic E-state index is 13.9. The molecule has 1 amide bonds. The van der Waals surface area contributed by atoms with E-state index in [-0.39, 0.29) is 34.7 Å². The minimum absolute atomic E-state index is 0.0491. The average molecular weight is 646 g/mol. The van der Waals surface area contributed by atoms with E-state index in [1.807, 2.05) is 6.07 Å². The fraction of sp³-hybridized carbons (Fsp3) is 0.758. The predicted molar refractivity (Wildman–Crippen MR) is 158 cm³/mol. The van der Waals surface area contributed by atoms with Crippen molar-refractivity contribution >= 4 is 18.0 Å². The van der Waals surface area contributed by atoms with Crippen LogP contribution in [0.1, 0.15) is 127 Å². The highest BCUT2D eigenvalue weighted by Gasteiger charge is 2.57. The number of carbonyl (C=O) groups excluding carboxylic acids is 2. The highest BCUT2D eigenvalue weighted by atomic mass is 19.4. The Labute approximate surface area is 266 Å². The number of ether oxygens (including phenoxy) is 2. The highest BCUT2D eigenvalue weighted by Crippen LogP contribution is 2.59. The van der Waals surface area contributed by atoms with Gasteiger partial charge in [-0.3, -0.25) is 4.79 Å². The molecule has 2 aromatic heterocycles. The summed E-state index contributed by atoms with van der Waals surface area (Å²) >= 11 is 0. The van der Waals surface area contributed by atoms with Gasteiger partial charge in [0, 0.05) is 29.5 Å². The number of amides is 1. The minimum Gasteiger partial charge on any atom is -0.469 e. The molecule has 4 bridgehead atoms. The van der Waals surface area contributed by atoms with Crippen LogP contribution >= 0.6 is 0 Å². The van der Waals surface area contributed by atoms with Crippen LogP contribution in [0.15, 0.2) is 16.8 Å². The summed E-state index contributed by atoms with van der Waals surface area (Å²) in [6.07, 6.45) is 6.74. The molecule has 7 aliphatic rings. The summed E-state index contributed by atoms with van der Waals surface area (Å²) in [6.45, 7) is 1.85. The first-order valence-electron chi connectivity index (χ1n) is 16.6. The lowest BCUT2D eigenvalue weighted by Crippen LogP contribution is -2.53. The summed E-state index contributed by atoms with van der Waals surface area (Å²) < 4.78 is 57.6. The zero-order valence-corrected chi connectivity index (χ0v) is 26.7. The average Bonchev–Trinajstić information content (AvgIpc) is 3.79. The fourth-order valence-corrected chi connectivity index (χ4v) is 8.53. The Bertz CT molecular complexity index is 1470. The lowest BCUT2D eigenvalue weighted by Gasteiger charge is -2.53. The van der Waals surface area contributed by atoms with Gasteiger partial charge in [0.05, 0.1) is 18.2 Å². The van der Waals surface area contributed by atoms with Gasteiger partial charge in [-0.1, -0.05) is 5.16 Å². The molecule has 9 rings (SSSR count). The molecule has 0 N–H and O–H groups in total. The van der Waals surface area contributed by atoms with Crippen molar-refractivity contribution in [2.45, 2.75) is 132 Å². The third-order valence-corrected chi connectivity index (χ3v) is 12.3. The minimum atomic E-state index is -4.76. The number of alkyl halides is 3. The molecule has 0 saturated heterocycles. The van der Waals surface area contributed by atoms with Gasteiger partial charge in [0.2, 0.25) is 17.4 Å². The van der Waals surface area contributed by atoms with Crippen LogP contribution in [-0.4, -0.2) is 57.6 Å². The molecule has 0 radical (unpaired) electrons. The van der Waals surface area contributed by atoms with Crippen LogP contribution in [0, 0.1) is 10.8 Å². The molecule has 10 nitrogen and oxygen atoms in total. The van der Waals surface area contributed by atoms with Gasteiger partial charge in [-0.05, 0) is 115 Å². The van der Waals surface area contributed by atoms with Crippen molar-refractivity contribution in [1.29, 1.82) is 0 Å². The molecule has 7 saturated carbocycles. The van der Waals surface area contributed by atoms with Crippen LogP contribution < -0.4 is 4.90 Å². The number of fused-ring (bicyclic) bond motifs is 6. The molecule has 0 aromatic carbocycles. The number of methoxy groups -OCH3 is 1. The zero-order valence-electron chi connectivity index (χ0n) is 26.7. The lowest BCUT2D eigenvalue weighted by atomic mass is 9.52. The molecule has 0 atom stereocenters. The molecule has 2 aromatic rings. The smallest absolute Gasteiger partial charge is 0.427 e.